The molecule has 0 unspecified atom stereocenters. The molecule has 2 aromatic heterocycles. The number of nitrogens with zero attached hydrogens (tertiary/aromatic N) is 5. The lowest BCUT2D eigenvalue weighted by atomic mass is 10.3. The number of furan rings is 1. The molecule has 0 aromatic carbocycles. The van der Waals surface area contributed by atoms with Gasteiger partial charge in [0, 0.05) is 45.6 Å². The fourth-order valence-corrected chi connectivity index (χ4v) is 3.01. The molecule has 1 fully saturated rings. The molecule has 1 saturated heterocycles. The molecule has 1 aliphatic rings. The predicted molar refractivity (Wildman–Crippen MR) is 110 cm³/mol. The number of hydrogen-bond acceptors (Lipinski definition) is 4. The summed E-state index contributed by atoms with van der Waals surface area (Å²) in [7, 11) is 1.60. The first-order chi connectivity index (χ1) is 13.4. The van der Waals surface area contributed by atoms with E-state index in [1.165, 1.54) is 18.7 Å². The summed E-state index contributed by atoms with van der Waals surface area (Å²) in [4.78, 5) is 24.1. The van der Waals surface area contributed by atoms with E-state index in [0.717, 1.165) is 4.57 Å². The van der Waals surface area contributed by atoms with Gasteiger partial charge in [0.25, 0.3) is 5.91 Å². The number of halogens is 4. The summed E-state index contributed by atoms with van der Waals surface area (Å²) in [5.74, 6) is 0.950. The molecule has 0 atom stereocenters. The maximum Gasteiger partial charge on any atom is 0.406 e. The fourth-order valence-electron chi connectivity index (χ4n) is 3.01. The largest absolute Gasteiger partial charge is 0.459 e. The van der Waals surface area contributed by atoms with Gasteiger partial charge >= 0.3 is 6.18 Å². The van der Waals surface area contributed by atoms with Crippen LogP contribution in [-0.4, -0.2) is 70.6 Å². The number of imidazole rings is 1. The minimum atomic E-state index is -4.31. The average molecular weight is 526 g/mol. The van der Waals surface area contributed by atoms with Crippen molar-refractivity contribution in [2.24, 2.45) is 4.99 Å². The van der Waals surface area contributed by atoms with Crippen LogP contribution in [0.1, 0.15) is 16.4 Å². The Bertz CT molecular complexity index is 813. The van der Waals surface area contributed by atoms with Gasteiger partial charge in [0.05, 0.1) is 12.8 Å². The number of hydrogen-bond donors (Lipinski definition) is 1. The van der Waals surface area contributed by atoms with Crippen LogP contribution in [0.4, 0.5) is 13.2 Å². The lowest BCUT2D eigenvalue weighted by Crippen LogP contribution is -2.53. The van der Waals surface area contributed by atoms with Gasteiger partial charge in [0.1, 0.15) is 12.4 Å². The highest BCUT2D eigenvalue weighted by atomic mass is 127. The summed E-state index contributed by atoms with van der Waals surface area (Å²) in [6.07, 6.45) is -0.220. The van der Waals surface area contributed by atoms with Gasteiger partial charge in [-0.15, -0.1) is 24.0 Å². The molecule has 0 saturated carbocycles. The van der Waals surface area contributed by atoms with E-state index < -0.39 is 12.7 Å². The van der Waals surface area contributed by atoms with E-state index >= 15 is 0 Å². The molecule has 1 amide bonds. The Hall–Kier alpha value is -2.25. The molecule has 1 aliphatic heterocycles. The summed E-state index contributed by atoms with van der Waals surface area (Å²) in [5, 5.41) is 3.04. The number of carbonyl (C=O) groups excluding carboxylic acids is 1. The maximum atomic E-state index is 12.6. The van der Waals surface area contributed by atoms with Crippen molar-refractivity contribution in [3.63, 3.8) is 0 Å². The van der Waals surface area contributed by atoms with E-state index in [2.05, 4.69) is 15.3 Å². The average Bonchev–Trinajstić information content (AvgIpc) is 3.33. The third-order valence-electron chi connectivity index (χ3n) is 4.37. The van der Waals surface area contributed by atoms with Crippen molar-refractivity contribution in [3.05, 3.63) is 42.4 Å². The first kappa shape index (κ1) is 23.0. The first-order valence-electron chi connectivity index (χ1n) is 8.72. The number of aliphatic imine (C=N–C) groups is 1. The van der Waals surface area contributed by atoms with Crippen LogP contribution in [0.3, 0.4) is 0 Å². The Morgan fingerprint density at radius 1 is 1.28 bits per heavy atom. The Labute approximate surface area is 182 Å². The number of guanidine groups is 1. The van der Waals surface area contributed by atoms with Gasteiger partial charge in [-0.3, -0.25) is 9.79 Å². The Kier molecular flexibility index (Phi) is 7.93. The molecule has 0 radical (unpaired) electrons. The standard InChI is InChI=1S/C17H21F3N6O2.HI/c1-21-16(23-11-14-22-4-5-26(14)12-17(18,19)20)25-8-6-24(7-9-25)15(27)13-3-2-10-28-13;/h2-5,10H,6-9,11-12H2,1H3,(H,21,23);1H. The van der Waals surface area contributed by atoms with E-state index in [1.54, 1.807) is 24.1 Å². The molecule has 29 heavy (non-hydrogen) atoms. The third-order valence-corrected chi connectivity index (χ3v) is 4.37. The molecule has 3 rings (SSSR count). The van der Waals surface area contributed by atoms with Gasteiger partial charge in [-0.1, -0.05) is 0 Å². The Morgan fingerprint density at radius 2 is 1.97 bits per heavy atom. The SMILES string of the molecule is CN=C(NCc1nccn1CC(F)(F)F)N1CCN(C(=O)c2ccco2)CC1.I. The van der Waals surface area contributed by atoms with Gasteiger partial charge in [-0.25, -0.2) is 4.98 Å². The van der Waals surface area contributed by atoms with Gasteiger partial charge in [0.2, 0.25) is 0 Å². The maximum absolute atomic E-state index is 12.6. The van der Waals surface area contributed by atoms with E-state index in [-0.39, 0.29) is 42.3 Å². The molecule has 3 heterocycles. The van der Waals surface area contributed by atoms with Crippen molar-refractivity contribution in [2.75, 3.05) is 33.2 Å². The summed E-state index contributed by atoms with van der Waals surface area (Å²) in [5.41, 5.74) is 0. The van der Waals surface area contributed by atoms with Crippen molar-refractivity contribution in [1.29, 1.82) is 0 Å². The van der Waals surface area contributed by atoms with E-state index in [1.807, 2.05) is 4.90 Å². The highest BCUT2D eigenvalue weighted by Gasteiger charge is 2.29. The van der Waals surface area contributed by atoms with Crippen molar-refractivity contribution in [1.82, 2.24) is 24.7 Å². The van der Waals surface area contributed by atoms with Crippen LogP contribution < -0.4 is 5.32 Å². The van der Waals surface area contributed by atoms with Crippen LogP contribution in [0.15, 0.2) is 40.2 Å². The minimum Gasteiger partial charge on any atom is -0.459 e. The van der Waals surface area contributed by atoms with E-state index in [4.69, 9.17) is 4.42 Å². The molecule has 2 aromatic rings. The molecule has 12 heteroatoms. The molecular formula is C17H22F3IN6O2. The van der Waals surface area contributed by atoms with Crippen LogP contribution in [0.5, 0.6) is 0 Å². The molecule has 1 N–H and O–H groups in total. The van der Waals surface area contributed by atoms with Crippen LogP contribution in [-0.2, 0) is 13.1 Å². The summed E-state index contributed by atoms with van der Waals surface area (Å²) < 4.78 is 44.1. The lowest BCUT2D eigenvalue weighted by Gasteiger charge is -2.36. The topological polar surface area (TPSA) is 78.9 Å². The second-order valence-electron chi connectivity index (χ2n) is 6.24. The van der Waals surface area contributed by atoms with E-state index in [9.17, 15) is 18.0 Å². The Morgan fingerprint density at radius 3 is 2.55 bits per heavy atom. The number of aromatic nitrogens is 2. The molecule has 0 bridgehead atoms. The van der Waals surface area contributed by atoms with Crippen LogP contribution in [0.2, 0.25) is 0 Å². The van der Waals surface area contributed by atoms with Crippen LogP contribution >= 0.6 is 24.0 Å². The molecule has 0 aliphatic carbocycles. The second-order valence-corrected chi connectivity index (χ2v) is 6.24. The number of amides is 1. The zero-order valence-electron chi connectivity index (χ0n) is 15.7. The van der Waals surface area contributed by atoms with E-state index in [0.29, 0.717) is 37.9 Å². The fraction of sp³-hybridized carbons (Fsp3) is 0.471. The lowest BCUT2D eigenvalue weighted by molar-refractivity contribution is -0.141. The molecule has 8 nitrogen and oxygen atoms in total. The van der Waals surface area contributed by atoms with Crippen molar-refractivity contribution < 1.29 is 22.4 Å². The second kappa shape index (κ2) is 9.98. The highest BCUT2D eigenvalue weighted by molar-refractivity contribution is 14.0. The zero-order valence-corrected chi connectivity index (χ0v) is 18.1. The number of carbonyl (C=O) groups is 1. The third kappa shape index (κ3) is 6.11. The molecule has 0 spiro atoms. The number of rotatable bonds is 4. The summed E-state index contributed by atoms with van der Waals surface area (Å²) in [6.45, 7) is 1.09. The number of nitrogens with one attached hydrogen (secondary N) is 1. The monoisotopic (exact) mass is 526 g/mol. The predicted octanol–water partition coefficient (Wildman–Crippen LogP) is 2.19. The normalized spacial score (nSPS) is 15.2. The Balaban J connectivity index is 0.00000300. The molecule has 160 valence electrons. The number of piperazine rings is 1. The highest BCUT2D eigenvalue weighted by Crippen LogP contribution is 2.18. The van der Waals surface area contributed by atoms with Crippen LogP contribution in [0.25, 0.3) is 0 Å². The molecular weight excluding hydrogens is 504 g/mol. The quantitative estimate of drug-likeness (QED) is 0.376. The zero-order chi connectivity index (χ0) is 20.1. The van der Waals surface area contributed by atoms with Gasteiger partial charge in [-0.05, 0) is 12.1 Å². The van der Waals surface area contributed by atoms with Crippen molar-refractivity contribution >= 4 is 35.8 Å². The van der Waals surface area contributed by atoms with Gasteiger partial charge < -0.3 is 24.1 Å². The smallest absolute Gasteiger partial charge is 0.406 e. The van der Waals surface area contributed by atoms with Gasteiger partial charge in [-0.2, -0.15) is 13.2 Å². The van der Waals surface area contributed by atoms with Gasteiger partial charge in [0.15, 0.2) is 11.7 Å². The summed E-state index contributed by atoms with van der Waals surface area (Å²) >= 11 is 0. The van der Waals surface area contributed by atoms with Crippen molar-refractivity contribution in [2.45, 2.75) is 19.3 Å². The summed E-state index contributed by atoms with van der Waals surface area (Å²) in [6, 6.07) is 3.29. The van der Waals surface area contributed by atoms with Crippen LogP contribution in [0, 0.1) is 0 Å². The minimum absolute atomic E-state index is 0. The first-order valence-corrected chi connectivity index (χ1v) is 8.72. The van der Waals surface area contributed by atoms with Crippen molar-refractivity contribution in [3.8, 4) is 0 Å². The number of alkyl halides is 3.